The lowest BCUT2D eigenvalue weighted by Gasteiger charge is -2.18. The van der Waals surface area contributed by atoms with E-state index in [0.717, 1.165) is 22.8 Å². The zero-order chi connectivity index (χ0) is 15.3. The Morgan fingerprint density at radius 1 is 1.24 bits per heavy atom. The van der Waals surface area contributed by atoms with Gasteiger partial charge in [0.25, 0.3) is 0 Å². The number of carboxylic acids is 1. The monoisotopic (exact) mass is 305 g/mol. The molecular formula is C16H19NO3S. The molecule has 0 amide bonds. The number of aliphatic carboxylic acids is 1. The highest BCUT2D eigenvalue weighted by Gasteiger charge is 2.28. The van der Waals surface area contributed by atoms with Gasteiger partial charge in [-0.25, -0.2) is 0 Å². The molecule has 1 aromatic heterocycles. The van der Waals surface area contributed by atoms with Crippen molar-refractivity contribution >= 4 is 17.7 Å². The number of nitrogens with one attached hydrogen (secondary N) is 1. The lowest BCUT2D eigenvalue weighted by molar-refractivity contribution is -0.138. The van der Waals surface area contributed by atoms with Crippen LogP contribution in [-0.4, -0.2) is 15.8 Å². The van der Waals surface area contributed by atoms with Crippen molar-refractivity contribution in [2.24, 2.45) is 0 Å². The molecular weight excluding hydrogens is 286 g/mol. The number of furan rings is 1. The fraction of sp³-hybridized carbons (Fsp3) is 0.312. The molecule has 0 atom stereocenters. The van der Waals surface area contributed by atoms with E-state index in [4.69, 9.17) is 9.52 Å². The first-order valence-electron chi connectivity index (χ1n) is 6.72. The lowest BCUT2D eigenvalue weighted by Crippen LogP contribution is -2.26. The van der Waals surface area contributed by atoms with Crippen LogP contribution in [0.25, 0.3) is 0 Å². The molecule has 112 valence electrons. The Bertz CT molecular complexity index is 576. The van der Waals surface area contributed by atoms with Gasteiger partial charge in [0.05, 0.1) is 12.8 Å². The molecule has 0 saturated carbocycles. The van der Waals surface area contributed by atoms with Crippen LogP contribution < -0.4 is 5.32 Å². The first-order chi connectivity index (χ1) is 9.97. The van der Waals surface area contributed by atoms with Crippen LogP contribution in [0.5, 0.6) is 0 Å². The molecule has 0 radical (unpaired) electrons. The van der Waals surface area contributed by atoms with Crippen molar-refractivity contribution in [3.8, 4) is 0 Å². The van der Waals surface area contributed by atoms with Crippen LogP contribution >= 0.6 is 11.8 Å². The first kappa shape index (κ1) is 15.7. The lowest BCUT2D eigenvalue weighted by atomic mass is 10.2. The van der Waals surface area contributed by atoms with Crippen molar-refractivity contribution in [3.05, 3.63) is 54.0 Å². The van der Waals surface area contributed by atoms with Gasteiger partial charge in [0.1, 0.15) is 10.5 Å². The Kier molecular flexibility index (Phi) is 5.09. The average Bonchev–Trinajstić information content (AvgIpc) is 2.93. The minimum Gasteiger partial charge on any atom is -0.480 e. The second-order valence-electron chi connectivity index (χ2n) is 5.24. The molecule has 0 unspecified atom stereocenters. The summed E-state index contributed by atoms with van der Waals surface area (Å²) in [6.45, 7) is 4.85. The standard InChI is InChI=1S/C16H19NO3S/c1-16(2,15(18)19)21-14-7-5-12(6-8-14)10-17-11-13-4-3-9-20-13/h3-9,17H,10-11H2,1-2H3,(H,18,19). The first-order valence-corrected chi connectivity index (χ1v) is 7.53. The van der Waals surface area contributed by atoms with Gasteiger partial charge in [-0.1, -0.05) is 12.1 Å². The van der Waals surface area contributed by atoms with Gasteiger partial charge in [0.2, 0.25) is 0 Å². The van der Waals surface area contributed by atoms with Gasteiger partial charge >= 0.3 is 5.97 Å². The van der Waals surface area contributed by atoms with E-state index < -0.39 is 10.7 Å². The molecule has 2 rings (SSSR count). The summed E-state index contributed by atoms with van der Waals surface area (Å²) in [7, 11) is 0. The van der Waals surface area contributed by atoms with Crippen molar-refractivity contribution in [3.63, 3.8) is 0 Å². The average molecular weight is 305 g/mol. The molecule has 0 aliphatic rings. The van der Waals surface area contributed by atoms with E-state index in [0.29, 0.717) is 6.54 Å². The second-order valence-corrected chi connectivity index (χ2v) is 6.94. The minimum absolute atomic E-state index is 0.690. The zero-order valence-electron chi connectivity index (χ0n) is 12.1. The maximum Gasteiger partial charge on any atom is 0.319 e. The van der Waals surface area contributed by atoms with Crippen molar-refractivity contribution < 1.29 is 14.3 Å². The molecule has 0 bridgehead atoms. The Labute approximate surface area is 128 Å². The van der Waals surface area contributed by atoms with Crippen molar-refractivity contribution in [2.45, 2.75) is 36.6 Å². The Morgan fingerprint density at radius 2 is 1.95 bits per heavy atom. The third-order valence-corrected chi connectivity index (χ3v) is 4.21. The normalized spacial score (nSPS) is 11.5. The molecule has 1 aromatic carbocycles. The quantitative estimate of drug-likeness (QED) is 0.766. The largest absolute Gasteiger partial charge is 0.480 e. The van der Waals surface area contributed by atoms with Crippen molar-refractivity contribution in [1.29, 1.82) is 0 Å². The van der Waals surface area contributed by atoms with E-state index in [1.807, 2.05) is 36.4 Å². The highest BCUT2D eigenvalue weighted by atomic mass is 32.2. The van der Waals surface area contributed by atoms with E-state index in [2.05, 4.69) is 5.32 Å². The number of hydrogen-bond donors (Lipinski definition) is 2. The van der Waals surface area contributed by atoms with Crippen LogP contribution in [0.2, 0.25) is 0 Å². The third-order valence-electron chi connectivity index (χ3n) is 3.02. The summed E-state index contributed by atoms with van der Waals surface area (Å²) >= 11 is 1.35. The van der Waals surface area contributed by atoms with Crippen LogP contribution in [0, 0.1) is 0 Å². The van der Waals surface area contributed by atoms with Gasteiger partial charge in [-0.15, -0.1) is 11.8 Å². The topological polar surface area (TPSA) is 62.5 Å². The molecule has 5 heteroatoms. The molecule has 0 aliphatic carbocycles. The van der Waals surface area contributed by atoms with Crippen molar-refractivity contribution in [1.82, 2.24) is 5.32 Å². The zero-order valence-corrected chi connectivity index (χ0v) is 12.9. The number of hydrogen-bond acceptors (Lipinski definition) is 4. The minimum atomic E-state index is -0.820. The van der Waals surface area contributed by atoms with Crippen LogP contribution in [0.1, 0.15) is 25.2 Å². The van der Waals surface area contributed by atoms with Crippen LogP contribution in [0.3, 0.4) is 0 Å². The van der Waals surface area contributed by atoms with E-state index >= 15 is 0 Å². The number of benzene rings is 1. The predicted octanol–water partition coefficient (Wildman–Crippen LogP) is 3.52. The smallest absolute Gasteiger partial charge is 0.319 e. The molecule has 0 fully saturated rings. The second kappa shape index (κ2) is 6.83. The van der Waals surface area contributed by atoms with Gasteiger partial charge in [-0.3, -0.25) is 4.79 Å². The Hall–Kier alpha value is -1.72. The molecule has 2 N–H and O–H groups in total. The molecule has 0 spiro atoms. The maximum atomic E-state index is 11.1. The maximum absolute atomic E-state index is 11.1. The van der Waals surface area contributed by atoms with Crippen LogP contribution in [0.15, 0.2) is 52.0 Å². The summed E-state index contributed by atoms with van der Waals surface area (Å²) < 4.78 is 4.43. The number of carbonyl (C=O) groups is 1. The van der Waals surface area contributed by atoms with Gasteiger partial charge in [-0.2, -0.15) is 0 Å². The summed E-state index contributed by atoms with van der Waals surface area (Å²) in [5, 5.41) is 12.4. The predicted molar refractivity (Wildman–Crippen MR) is 83.3 cm³/mol. The summed E-state index contributed by atoms with van der Waals surface area (Å²) in [4.78, 5) is 12.1. The molecule has 0 aliphatic heterocycles. The van der Waals surface area contributed by atoms with Crippen LogP contribution in [-0.2, 0) is 17.9 Å². The Morgan fingerprint density at radius 3 is 2.52 bits per heavy atom. The molecule has 1 heterocycles. The van der Waals surface area contributed by atoms with E-state index in [9.17, 15) is 4.79 Å². The van der Waals surface area contributed by atoms with E-state index in [-0.39, 0.29) is 0 Å². The molecule has 21 heavy (non-hydrogen) atoms. The van der Waals surface area contributed by atoms with Gasteiger partial charge in [0.15, 0.2) is 0 Å². The van der Waals surface area contributed by atoms with Gasteiger partial charge in [0, 0.05) is 11.4 Å². The van der Waals surface area contributed by atoms with Gasteiger partial charge < -0.3 is 14.8 Å². The van der Waals surface area contributed by atoms with Gasteiger partial charge in [-0.05, 0) is 43.7 Å². The van der Waals surface area contributed by atoms with Crippen molar-refractivity contribution in [2.75, 3.05) is 0 Å². The summed E-state index contributed by atoms with van der Waals surface area (Å²) in [6.07, 6.45) is 1.66. The fourth-order valence-corrected chi connectivity index (χ4v) is 2.71. The summed E-state index contributed by atoms with van der Waals surface area (Å²) in [6, 6.07) is 11.7. The number of rotatable bonds is 7. The third kappa shape index (κ3) is 4.65. The summed E-state index contributed by atoms with van der Waals surface area (Å²) in [5.41, 5.74) is 1.15. The highest BCUT2D eigenvalue weighted by molar-refractivity contribution is 8.01. The SMILES string of the molecule is CC(C)(Sc1ccc(CNCc2ccco2)cc1)C(=O)O. The molecule has 2 aromatic rings. The molecule has 4 nitrogen and oxygen atoms in total. The number of carboxylic acid groups (broad SMARTS) is 1. The number of thioether (sulfide) groups is 1. The highest BCUT2D eigenvalue weighted by Crippen LogP contribution is 2.32. The van der Waals surface area contributed by atoms with E-state index in [1.54, 1.807) is 20.1 Å². The Balaban J connectivity index is 1.85. The summed E-state index contributed by atoms with van der Waals surface area (Å²) in [5.74, 6) is 0.0991. The van der Waals surface area contributed by atoms with Crippen LogP contribution in [0.4, 0.5) is 0 Å². The fourth-order valence-electron chi connectivity index (χ4n) is 1.76. The molecule has 0 saturated heterocycles. The van der Waals surface area contributed by atoms with E-state index in [1.165, 1.54) is 11.8 Å².